The van der Waals surface area contributed by atoms with E-state index in [0.717, 1.165) is 0 Å². The van der Waals surface area contributed by atoms with E-state index in [-0.39, 0.29) is 24.9 Å². The third-order valence-electron chi connectivity index (χ3n) is 1.55. The summed E-state index contributed by atoms with van der Waals surface area (Å²) < 4.78 is 4.62. The van der Waals surface area contributed by atoms with E-state index >= 15 is 0 Å². The number of hydrogen-bond acceptors (Lipinski definition) is 4. The highest BCUT2D eigenvalue weighted by Crippen LogP contribution is 1.90. The molecule has 0 fully saturated rings. The predicted octanol–water partition coefficient (Wildman–Crippen LogP) is -1.06. The molecule has 0 saturated carbocycles. The fraction of sp³-hybridized carbons (Fsp3) is 0.750. The van der Waals surface area contributed by atoms with E-state index in [9.17, 15) is 9.59 Å². The number of carboxylic acids is 1. The van der Waals surface area contributed by atoms with Gasteiger partial charge in [0.05, 0.1) is 6.54 Å². The van der Waals surface area contributed by atoms with Crippen molar-refractivity contribution in [3.05, 3.63) is 0 Å². The van der Waals surface area contributed by atoms with Crippen molar-refractivity contribution in [1.82, 2.24) is 5.32 Å². The van der Waals surface area contributed by atoms with Crippen LogP contribution in [0.5, 0.6) is 0 Å². The van der Waals surface area contributed by atoms with Gasteiger partial charge in [0.1, 0.15) is 0 Å². The number of ether oxygens (including phenoxy) is 1. The number of rotatable bonds is 6. The molecule has 0 aliphatic heterocycles. The lowest BCUT2D eigenvalue weighted by Crippen LogP contribution is -2.39. The van der Waals surface area contributed by atoms with Gasteiger partial charge in [0.25, 0.3) is 0 Å². The van der Waals surface area contributed by atoms with E-state index in [1.165, 1.54) is 7.11 Å². The number of carbonyl (C=O) groups excluding carboxylic acids is 1. The zero-order valence-corrected chi connectivity index (χ0v) is 8.32. The predicted molar refractivity (Wildman–Crippen MR) is 49.7 cm³/mol. The fourth-order valence-electron chi connectivity index (χ4n) is 0.843. The molecule has 6 heteroatoms. The van der Waals surface area contributed by atoms with Crippen LogP contribution in [0, 0.1) is 0 Å². The normalized spacial score (nSPS) is 14.5. The Morgan fingerprint density at radius 3 is 2.50 bits per heavy atom. The monoisotopic (exact) mass is 204 g/mol. The Morgan fingerprint density at radius 2 is 2.14 bits per heavy atom. The van der Waals surface area contributed by atoms with Gasteiger partial charge in [-0.15, -0.1) is 0 Å². The minimum atomic E-state index is -1.10. The van der Waals surface area contributed by atoms with Crippen LogP contribution in [-0.2, 0) is 14.3 Å². The molecule has 1 amide bonds. The lowest BCUT2D eigenvalue weighted by molar-refractivity contribution is -0.148. The smallest absolute Gasteiger partial charge is 0.334 e. The first-order valence-corrected chi connectivity index (χ1v) is 4.25. The summed E-state index contributed by atoms with van der Waals surface area (Å²) in [6.07, 6.45) is -0.831. The van der Waals surface area contributed by atoms with Crippen molar-refractivity contribution in [2.24, 2.45) is 5.73 Å². The van der Waals surface area contributed by atoms with E-state index in [1.807, 2.05) is 0 Å². The van der Waals surface area contributed by atoms with Gasteiger partial charge in [-0.25, -0.2) is 4.79 Å². The van der Waals surface area contributed by atoms with Crippen molar-refractivity contribution in [1.29, 1.82) is 0 Å². The van der Waals surface area contributed by atoms with E-state index < -0.39 is 12.1 Å². The largest absolute Gasteiger partial charge is 0.479 e. The zero-order valence-electron chi connectivity index (χ0n) is 8.32. The molecule has 0 aromatic carbocycles. The average Bonchev–Trinajstić information content (AvgIpc) is 2.03. The molecule has 0 saturated heterocycles. The summed E-state index contributed by atoms with van der Waals surface area (Å²) in [6.45, 7) is 1.65. The van der Waals surface area contributed by atoms with Gasteiger partial charge in [0.2, 0.25) is 5.91 Å². The third kappa shape index (κ3) is 5.50. The Bertz CT molecular complexity index is 206. The summed E-state index contributed by atoms with van der Waals surface area (Å²) in [5.74, 6) is -1.38. The Kier molecular flexibility index (Phi) is 5.82. The first kappa shape index (κ1) is 12.9. The Morgan fingerprint density at radius 1 is 1.57 bits per heavy atom. The number of carbonyl (C=O) groups is 2. The summed E-state index contributed by atoms with van der Waals surface area (Å²) >= 11 is 0. The molecule has 82 valence electrons. The third-order valence-corrected chi connectivity index (χ3v) is 1.55. The van der Waals surface area contributed by atoms with Crippen molar-refractivity contribution in [2.45, 2.75) is 25.5 Å². The van der Waals surface area contributed by atoms with Crippen molar-refractivity contribution in [2.75, 3.05) is 13.7 Å². The molecule has 0 radical (unpaired) electrons. The summed E-state index contributed by atoms with van der Waals surface area (Å²) in [5.41, 5.74) is 5.38. The SMILES string of the molecule is COC(CNC(=O)CC(C)N)C(=O)O. The van der Waals surface area contributed by atoms with Crippen LogP contribution in [0.2, 0.25) is 0 Å². The van der Waals surface area contributed by atoms with Gasteiger partial charge in [-0.05, 0) is 6.92 Å². The number of carboxylic acid groups (broad SMARTS) is 1. The number of amides is 1. The molecule has 0 bridgehead atoms. The highest BCUT2D eigenvalue weighted by Gasteiger charge is 2.17. The maximum absolute atomic E-state index is 11.1. The van der Waals surface area contributed by atoms with E-state index in [2.05, 4.69) is 10.1 Å². The molecule has 0 aliphatic carbocycles. The fourth-order valence-corrected chi connectivity index (χ4v) is 0.843. The van der Waals surface area contributed by atoms with Gasteiger partial charge in [0, 0.05) is 19.6 Å². The molecule has 0 aliphatic rings. The molecular formula is C8H16N2O4. The quantitative estimate of drug-likeness (QED) is 0.512. The van der Waals surface area contributed by atoms with Crippen molar-refractivity contribution >= 4 is 11.9 Å². The highest BCUT2D eigenvalue weighted by molar-refractivity contribution is 5.78. The van der Waals surface area contributed by atoms with Gasteiger partial charge < -0.3 is 20.9 Å². The van der Waals surface area contributed by atoms with Crippen LogP contribution in [-0.4, -0.2) is 42.8 Å². The molecule has 0 aromatic rings. The van der Waals surface area contributed by atoms with E-state index in [1.54, 1.807) is 6.92 Å². The first-order valence-electron chi connectivity index (χ1n) is 4.25. The molecular weight excluding hydrogens is 188 g/mol. The van der Waals surface area contributed by atoms with Crippen LogP contribution >= 0.6 is 0 Å². The molecule has 4 N–H and O–H groups in total. The summed E-state index contributed by atoms with van der Waals surface area (Å²) in [7, 11) is 1.27. The van der Waals surface area contributed by atoms with Crippen LogP contribution in [0.1, 0.15) is 13.3 Å². The molecule has 0 spiro atoms. The van der Waals surface area contributed by atoms with Crippen LogP contribution in [0.15, 0.2) is 0 Å². The van der Waals surface area contributed by atoms with Crippen LogP contribution in [0.3, 0.4) is 0 Å². The van der Waals surface area contributed by atoms with Gasteiger partial charge in [-0.2, -0.15) is 0 Å². The minimum absolute atomic E-state index is 0.0443. The first-order chi connectivity index (χ1) is 6.47. The van der Waals surface area contributed by atoms with Crippen molar-refractivity contribution < 1.29 is 19.4 Å². The van der Waals surface area contributed by atoms with Gasteiger partial charge in [0.15, 0.2) is 6.10 Å². The number of hydrogen-bond donors (Lipinski definition) is 3. The molecule has 0 aromatic heterocycles. The summed E-state index contributed by atoms with van der Waals surface area (Å²) in [4.78, 5) is 21.5. The van der Waals surface area contributed by atoms with Crippen molar-refractivity contribution in [3.8, 4) is 0 Å². The second-order valence-electron chi connectivity index (χ2n) is 3.05. The van der Waals surface area contributed by atoms with Crippen LogP contribution in [0.25, 0.3) is 0 Å². The molecule has 2 atom stereocenters. The lowest BCUT2D eigenvalue weighted by atomic mass is 10.2. The maximum Gasteiger partial charge on any atom is 0.334 e. The average molecular weight is 204 g/mol. The number of aliphatic carboxylic acids is 1. The Hall–Kier alpha value is -1.14. The van der Waals surface area contributed by atoms with Gasteiger partial charge >= 0.3 is 5.97 Å². The van der Waals surface area contributed by atoms with Crippen LogP contribution in [0.4, 0.5) is 0 Å². The number of nitrogens with one attached hydrogen (secondary N) is 1. The maximum atomic E-state index is 11.1. The topological polar surface area (TPSA) is 102 Å². The van der Waals surface area contributed by atoms with Crippen LogP contribution < -0.4 is 11.1 Å². The van der Waals surface area contributed by atoms with Crippen molar-refractivity contribution in [3.63, 3.8) is 0 Å². The lowest BCUT2D eigenvalue weighted by Gasteiger charge is -2.12. The molecule has 6 nitrogen and oxygen atoms in total. The summed E-state index contributed by atoms with van der Waals surface area (Å²) in [5, 5.41) is 11.0. The summed E-state index contributed by atoms with van der Waals surface area (Å²) in [6, 6.07) is -0.235. The highest BCUT2D eigenvalue weighted by atomic mass is 16.5. The Balaban J connectivity index is 3.80. The second-order valence-corrected chi connectivity index (χ2v) is 3.05. The van der Waals surface area contributed by atoms with Gasteiger partial charge in [-0.3, -0.25) is 4.79 Å². The second kappa shape index (κ2) is 6.33. The molecule has 14 heavy (non-hydrogen) atoms. The van der Waals surface area contributed by atoms with E-state index in [0.29, 0.717) is 0 Å². The standard InChI is InChI=1S/C8H16N2O4/c1-5(9)3-7(11)10-4-6(14-2)8(12)13/h5-6H,3-4,9H2,1-2H3,(H,10,11)(H,12,13). The molecule has 0 heterocycles. The zero-order chi connectivity index (χ0) is 11.1. The number of methoxy groups -OCH3 is 1. The Labute approximate surface area is 82.4 Å². The van der Waals surface area contributed by atoms with Gasteiger partial charge in [-0.1, -0.05) is 0 Å². The minimum Gasteiger partial charge on any atom is -0.479 e. The molecule has 2 unspecified atom stereocenters. The molecule has 0 rings (SSSR count). The van der Waals surface area contributed by atoms with E-state index in [4.69, 9.17) is 10.8 Å². The number of nitrogens with two attached hydrogens (primary N) is 1.